The van der Waals surface area contributed by atoms with Gasteiger partial charge in [0.2, 0.25) is 0 Å². The van der Waals surface area contributed by atoms with E-state index in [0.717, 1.165) is 0 Å². The Bertz CT molecular complexity index is 483. The Morgan fingerprint density at radius 1 is 1.39 bits per heavy atom. The predicted octanol–water partition coefficient (Wildman–Crippen LogP) is 3.17. The van der Waals surface area contributed by atoms with Gasteiger partial charge in [-0.05, 0) is 26.8 Å². The Kier molecular flexibility index (Phi) is 4.13. The van der Waals surface area contributed by atoms with Crippen LogP contribution < -0.4 is 10.6 Å². The molecule has 2 N–H and O–H groups in total. The fourth-order valence-electron chi connectivity index (χ4n) is 1.21. The molecule has 1 rings (SSSR count). The van der Waals surface area contributed by atoms with Crippen LogP contribution in [0.5, 0.6) is 0 Å². The Hall–Kier alpha value is -1.82. The van der Waals surface area contributed by atoms with Crippen molar-refractivity contribution >= 4 is 29.0 Å². The van der Waals surface area contributed by atoms with E-state index in [1.165, 1.54) is 18.2 Å². The number of hydrogen-bond acceptors (Lipinski definition) is 3. The minimum atomic E-state index is -0.551. The number of halogens is 1. The zero-order valence-electron chi connectivity index (χ0n) is 10.3. The average Bonchev–Trinajstić information content (AvgIpc) is 2.17. The smallest absolute Gasteiger partial charge is 0.319 e. The SMILES string of the molecule is CC(C)(C)NC(=O)Nc1ccc([N+](=O)[O-])cc1Cl. The second kappa shape index (κ2) is 5.22. The van der Waals surface area contributed by atoms with Gasteiger partial charge in [0.25, 0.3) is 5.69 Å². The number of nitro benzene ring substituents is 1. The van der Waals surface area contributed by atoms with Crippen LogP contribution in [0, 0.1) is 10.1 Å². The maximum Gasteiger partial charge on any atom is 0.319 e. The molecule has 0 aliphatic rings. The molecule has 0 aliphatic carbocycles. The van der Waals surface area contributed by atoms with Gasteiger partial charge in [-0.25, -0.2) is 4.79 Å². The number of anilines is 1. The number of nitro groups is 1. The Labute approximate surface area is 109 Å². The van der Waals surface area contributed by atoms with Gasteiger partial charge in [-0.15, -0.1) is 0 Å². The van der Waals surface area contributed by atoms with Crippen LogP contribution in [-0.4, -0.2) is 16.5 Å². The normalized spacial score (nSPS) is 10.9. The molecule has 7 heteroatoms. The number of rotatable bonds is 2. The Morgan fingerprint density at radius 3 is 2.44 bits per heavy atom. The standard InChI is InChI=1S/C11H14ClN3O3/c1-11(2,3)14-10(16)13-9-5-4-7(15(17)18)6-8(9)12/h4-6H,1-3H3,(H2,13,14,16). The van der Waals surface area contributed by atoms with Crippen LogP contribution in [0.15, 0.2) is 18.2 Å². The summed E-state index contributed by atoms with van der Waals surface area (Å²) in [7, 11) is 0. The van der Waals surface area contributed by atoms with Crippen molar-refractivity contribution in [1.82, 2.24) is 5.32 Å². The van der Waals surface area contributed by atoms with Crippen LogP contribution in [0.4, 0.5) is 16.2 Å². The minimum absolute atomic E-state index is 0.119. The molecule has 0 saturated carbocycles. The van der Waals surface area contributed by atoms with Crippen LogP contribution in [0.1, 0.15) is 20.8 Å². The molecule has 0 radical (unpaired) electrons. The third-order valence-corrected chi connectivity index (χ3v) is 2.21. The van der Waals surface area contributed by atoms with Gasteiger partial charge in [-0.2, -0.15) is 0 Å². The molecule has 6 nitrogen and oxygen atoms in total. The lowest BCUT2D eigenvalue weighted by Gasteiger charge is -2.20. The van der Waals surface area contributed by atoms with Crippen LogP contribution in [-0.2, 0) is 0 Å². The van der Waals surface area contributed by atoms with E-state index in [-0.39, 0.29) is 16.2 Å². The second-order valence-corrected chi connectivity index (χ2v) is 5.16. The molecule has 98 valence electrons. The zero-order valence-corrected chi connectivity index (χ0v) is 11.0. The molecule has 0 unspecified atom stereocenters. The maximum atomic E-state index is 11.6. The fraction of sp³-hybridized carbons (Fsp3) is 0.364. The van der Waals surface area contributed by atoms with Gasteiger partial charge in [-0.3, -0.25) is 10.1 Å². The monoisotopic (exact) mass is 271 g/mol. The van der Waals surface area contributed by atoms with Crippen LogP contribution in [0.25, 0.3) is 0 Å². The number of hydrogen-bond donors (Lipinski definition) is 2. The van der Waals surface area contributed by atoms with Crippen molar-refractivity contribution in [3.63, 3.8) is 0 Å². The van der Waals surface area contributed by atoms with Crippen molar-refractivity contribution in [2.45, 2.75) is 26.3 Å². The molecule has 0 atom stereocenters. The summed E-state index contributed by atoms with van der Waals surface area (Å²) in [4.78, 5) is 21.6. The van der Waals surface area contributed by atoms with Crippen molar-refractivity contribution in [2.75, 3.05) is 5.32 Å². The van der Waals surface area contributed by atoms with E-state index >= 15 is 0 Å². The molecule has 0 fully saturated rings. The summed E-state index contributed by atoms with van der Waals surface area (Å²) < 4.78 is 0. The van der Waals surface area contributed by atoms with E-state index < -0.39 is 11.0 Å². The number of carbonyl (C=O) groups excluding carboxylic acids is 1. The number of urea groups is 1. The number of nitrogens with one attached hydrogen (secondary N) is 2. The number of non-ortho nitro benzene ring substituents is 1. The number of benzene rings is 1. The maximum absolute atomic E-state index is 11.6. The van der Waals surface area contributed by atoms with Gasteiger partial charge < -0.3 is 10.6 Å². The highest BCUT2D eigenvalue weighted by atomic mass is 35.5. The lowest BCUT2D eigenvalue weighted by molar-refractivity contribution is -0.384. The number of amides is 2. The van der Waals surface area contributed by atoms with Crippen molar-refractivity contribution in [2.24, 2.45) is 0 Å². The highest BCUT2D eigenvalue weighted by Crippen LogP contribution is 2.26. The minimum Gasteiger partial charge on any atom is -0.333 e. The quantitative estimate of drug-likeness (QED) is 0.640. The van der Waals surface area contributed by atoms with Gasteiger partial charge in [-0.1, -0.05) is 11.6 Å². The third-order valence-electron chi connectivity index (χ3n) is 1.90. The average molecular weight is 272 g/mol. The molecular formula is C11H14ClN3O3. The van der Waals surface area contributed by atoms with Crippen molar-refractivity contribution in [3.8, 4) is 0 Å². The Balaban J connectivity index is 2.80. The van der Waals surface area contributed by atoms with Crippen molar-refractivity contribution < 1.29 is 9.72 Å². The summed E-state index contributed by atoms with van der Waals surface area (Å²) in [5.41, 5.74) is -0.178. The van der Waals surface area contributed by atoms with E-state index in [1.807, 2.05) is 20.8 Å². The first-order chi connectivity index (χ1) is 8.19. The van der Waals surface area contributed by atoms with Crippen LogP contribution in [0.2, 0.25) is 5.02 Å². The van der Waals surface area contributed by atoms with E-state index in [0.29, 0.717) is 5.69 Å². The lowest BCUT2D eigenvalue weighted by atomic mass is 10.1. The van der Waals surface area contributed by atoms with Gasteiger partial charge >= 0.3 is 6.03 Å². The molecule has 0 aromatic heterocycles. The summed E-state index contributed by atoms with van der Waals surface area (Å²) in [5.74, 6) is 0. The fourth-order valence-corrected chi connectivity index (χ4v) is 1.44. The molecule has 18 heavy (non-hydrogen) atoms. The molecule has 0 saturated heterocycles. The molecule has 1 aromatic carbocycles. The van der Waals surface area contributed by atoms with E-state index in [9.17, 15) is 14.9 Å². The summed E-state index contributed by atoms with van der Waals surface area (Å²) in [6.07, 6.45) is 0. The molecule has 0 aliphatic heterocycles. The Morgan fingerprint density at radius 2 is 2.00 bits per heavy atom. The van der Waals surface area contributed by atoms with Crippen molar-refractivity contribution in [3.05, 3.63) is 33.3 Å². The lowest BCUT2D eigenvalue weighted by Crippen LogP contribution is -2.43. The summed E-state index contributed by atoms with van der Waals surface area (Å²) in [5, 5.41) is 15.9. The first kappa shape index (κ1) is 14.2. The van der Waals surface area contributed by atoms with E-state index in [1.54, 1.807) is 0 Å². The molecule has 0 heterocycles. The van der Waals surface area contributed by atoms with E-state index in [4.69, 9.17) is 11.6 Å². The number of carbonyl (C=O) groups is 1. The first-order valence-corrected chi connectivity index (χ1v) is 5.60. The van der Waals surface area contributed by atoms with Crippen LogP contribution >= 0.6 is 11.6 Å². The summed E-state index contributed by atoms with van der Waals surface area (Å²) >= 11 is 5.84. The highest BCUT2D eigenvalue weighted by molar-refractivity contribution is 6.33. The highest BCUT2D eigenvalue weighted by Gasteiger charge is 2.15. The molecule has 0 spiro atoms. The molecular weight excluding hydrogens is 258 g/mol. The molecule has 1 aromatic rings. The van der Waals surface area contributed by atoms with E-state index in [2.05, 4.69) is 10.6 Å². The number of nitrogens with zero attached hydrogens (tertiary/aromatic N) is 1. The predicted molar refractivity (Wildman–Crippen MR) is 70.0 cm³/mol. The van der Waals surface area contributed by atoms with Crippen molar-refractivity contribution in [1.29, 1.82) is 0 Å². The van der Waals surface area contributed by atoms with Gasteiger partial charge in [0, 0.05) is 17.7 Å². The topological polar surface area (TPSA) is 84.3 Å². The van der Waals surface area contributed by atoms with Gasteiger partial charge in [0.1, 0.15) is 0 Å². The largest absolute Gasteiger partial charge is 0.333 e. The second-order valence-electron chi connectivity index (χ2n) is 4.75. The zero-order chi connectivity index (χ0) is 13.9. The molecule has 2 amide bonds. The van der Waals surface area contributed by atoms with Crippen LogP contribution in [0.3, 0.4) is 0 Å². The third kappa shape index (κ3) is 4.21. The van der Waals surface area contributed by atoms with Gasteiger partial charge in [0.05, 0.1) is 15.6 Å². The summed E-state index contributed by atoms with van der Waals surface area (Å²) in [6.45, 7) is 5.51. The molecule has 0 bridgehead atoms. The van der Waals surface area contributed by atoms with Gasteiger partial charge in [0.15, 0.2) is 0 Å². The summed E-state index contributed by atoms with van der Waals surface area (Å²) in [6, 6.07) is 3.44. The first-order valence-electron chi connectivity index (χ1n) is 5.22.